The average molecular weight is 281 g/mol. The fourth-order valence-electron chi connectivity index (χ4n) is 2.54. The number of piperidine rings is 1. The van der Waals surface area contributed by atoms with E-state index in [2.05, 4.69) is 17.1 Å². The van der Waals surface area contributed by atoms with Gasteiger partial charge in [-0.2, -0.15) is 0 Å². The molecule has 1 heterocycles. The molecular formula is C15H21ClN2O. The fourth-order valence-corrected chi connectivity index (χ4v) is 2.73. The van der Waals surface area contributed by atoms with Crippen molar-refractivity contribution in [2.24, 2.45) is 5.92 Å². The Morgan fingerprint density at radius 1 is 1.53 bits per heavy atom. The first-order valence-electron chi connectivity index (χ1n) is 6.91. The van der Waals surface area contributed by atoms with Gasteiger partial charge in [0.15, 0.2) is 0 Å². The molecule has 1 atom stereocenters. The maximum absolute atomic E-state index is 11.9. The van der Waals surface area contributed by atoms with Crippen LogP contribution in [0.25, 0.3) is 0 Å². The van der Waals surface area contributed by atoms with E-state index in [1.807, 2.05) is 12.1 Å². The van der Waals surface area contributed by atoms with Crippen molar-refractivity contribution in [2.45, 2.75) is 26.2 Å². The summed E-state index contributed by atoms with van der Waals surface area (Å²) in [6.07, 6.45) is 3.10. The van der Waals surface area contributed by atoms with Crippen molar-refractivity contribution in [1.29, 1.82) is 0 Å². The molecule has 1 fully saturated rings. The van der Waals surface area contributed by atoms with Crippen molar-refractivity contribution in [3.05, 3.63) is 29.3 Å². The lowest BCUT2D eigenvalue weighted by Gasteiger charge is -2.30. The van der Waals surface area contributed by atoms with Crippen LogP contribution in [-0.4, -0.2) is 30.4 Å². The van der Waals surface area contributed by atoms with Gasteiger partial charge in [0.25, 0.3) is 0 Å². The Bertz CT molecular complexity index is 436. The van der Waals surface area contributed by atoms with Crippen LogP contribution in [0.4, 0.5) is 5.69 Å². The number of nitrogens with zero attached hydrogens (tertiary/aromatic N) is 1. The smallest absolute Gasteiger partial charge is 0.225 e. The molecule has 3 nitrogen and oxygen atoms in total. The van der Waals surface area contributed by atoms with Crippen LogP contribution in [0.15, 0.2) is 24.3 Å². The summed E-state index contributed by atoms with van der Waals surface area (Å²) in [6, 6.07) is 7.26. The molecule has 2 rings (SSSR count). The van der Waals surface area contributed by atoms with E-state index in [4.69, 9.17) is 11.6 Å². The fraction of sp³-hybridized carbons (Fsp3) is 0.533. The SMILES string of the molecule is CC1CCCN(CCC(=O)Nc2cccc(Cl)c2)C1. The highest BCUT2D eigenvalue weighted by Gasteiger charge is 2.16. The minimum absolute atomic E-state index is 0.0560. The highest BCUT2D eigenvalue weighted by molar-refractivity contribution is 6.30. The number of hydrogen-bond acceptors (Lipinski definition) is 2. The van der Waals surface area contributed by atoms with Gasteiger partial charge < -0.3 is 10.2 Å². The van der Waals surface area contributed by atoms with E-state index in [9.17, 15) is 4.79 Å². The first-order valence-corrected chi connectivity index (χ1v) is 7.29. The summed E-state index contributed by atoms with van der Waals surface area (Å²) >= 11 is 5.88. The van der Waals surface area contributed by atoms with Crippen LogP contribution in [-0.2, 0) is 4.79 Å². The van der Waals surface area contributed by atoms with E-state index >= 15 is 0 Å². The lowest BCUT2D eigenvalue weighted by atomic mass is 10.0. The molecular weight excluding hydrogens is 260 g/mol. The largest absolute Gasteiger partial charge is 0.326 e. The maximum Gasteiger partial charge on any atom is 0.225 e. The van der Waals surface area contributed by atoms with E-state index in [-0.39, 0.29) is 5.91 Å². The van der Waals surface area contributed by atoms with Crippen LogP contribution in [0.5, 0.6) is 0 Å². The summed E-state index contributed by atoms with van der Waals surface area (Å²) in [6.45, 7) is 5.36. The lowest BCUT2D eigenvalue weighted by Crippen LogP contribution is -2.36. The van der Waals surface area contributed by atoms with Crippen molar-refractivity contribution in [1.82, 2.24) is 4.90 Å². The molecule has 1 unspecified atom stereocenters. The normalized spacial score (nSPS) is 20.2. The zero-order chi connectivity index (χ0) is 13.7. The third-order valence-electron chi connectivity index (χ3n) is 3.50. The number of amides is 1. The lowest BCUT2D eigenvalue weighted by molar-refractivity contribution is -0.116. The number of halogens is 1. The Morgan fingerprint density at radius 2 is 2.37 bits per heavy atom. The molecule has 1 amide bonds. The number of carbonyl (C=O) groups is 1. The highest BCUT2D eigenvalue weighted by atomic mass is 35.5. The maximum atomic E-state index is 11.9. The van der Waals surface area contributed by atoms with E-state index in [0.29, 0.717) is 11.4 Å². The Kier molecular flexibility index (Phi) is 5.23. The predicted octanol–water partition coefficient (Wildman–Crippen LogP) is 3.40. The number of carbonyl (C=O) groups excluding carboxylic acids is 1. The Labute approximate surface area is 119 Å². The zero-order valence-corrected chi connectivity index (χ0v) is 12.1. The second-order valence-corrected chi connectivity index (χ2v) is 5.79. The van der Waals surface area contributed by atoms with Crippen LogP contribution >= 0.6 is 11.6 Å². The van der Waals surface area contributed by atoms with Gasteiger partial charge in [-0.3, -0.25) is 4.79 Å². The van der Waals surface area contributed by atoms with E-state index in [0.717, 1.165) is 31.2 Å². The molecule has 0 saturated carbocycles. The van der Waals surface area contributed by atoms with E-state index < -0.39 is 0 Å². The summed E-state index contributed by atoms with van der Waals surface area (Å²) in [7, 11) is 0. The van der Waals surface area contributed by atoms with Crippen molar-refractivity contribution >= 4 is 23.2 Å². The van der Waals surface area contributed by atoms with Gasteiger partial charge in [-0.15, -0.1) is 0 Å². The van der Waals surface area contributed by atoms with Gasteiger partial charge in [0.05, 0.1) is 0 Å². The zero-order valence-electron chi connectivity index (χ0n) is 11.4. The summed E-state index contributed by atoms with van der Waals surface area (Å²) < 4.78 is 0. The molecule has 0 spiro atoms. The van der Waals surface area contributed by atoms with E-state index in [1.165, 1.54) is 12.8 Å². The minimum atomic E-state index is 0.0560. The number of anilines is 1. The van der Waals surface area contributed by atoms with Gasteiger partial charge in [-0.1, -0.05) is 24.6 Å². The molecule has 0 aliphatic carbocycles. The Morgan fingerprint density at radius 3 is 3.11 bits per heavy atom. The third kappa shape index (κ3) is 4.84. The molecule has 0 bridgehead atoms. The van der Waals surface area contributed by atoms with Gasteiger partial charge in [0.2, 0.25) is 5.91 Å². The molecule has 4 heteroatoms. The van der Waals surface area contributed by atoms with Crippen molar-refractivity contribution in [3.63, 3.8) is 0 Å². The topological polar surface area (TPSA) is 32.3 Å². The van der Waals surface area contributed by atoms with Crippen LogP contribution in [0, 0.1) is 5.92 Å². The molecule has 1 aromatic carbocycles. The van der Waals surface area contributed by atoms with Crippen molar-refractivity contribution < 1.29 is 4.79 Å². The molecule has 1 saturated heterocycles. The summed E-state index contributed by atoms with van der Waals surface area (Å²) in [5, 5.41) is 3.52. The van der Waals surface area contributed by atoms with Crippen LogP contribution < -0.4 is 5.32 Å². The third-order valence-corrected chi connectivity index (χ3v) is 3.74. The molecule has 0 radical (unpaired) electrons. The number of benzene rings is 1. The molecule has 19 heavy (non-hydrogen) atoms. The first kappa shape index (κ1) is 14.4. The van der Waals surface area contributed by atoms with Crippen molar-refractivity contribution in [2.75, 3.05) is 25.0 Å². The predicted molar refractivity (Wildman–Crippen MR) is 79.5 cm³/mol. The standard InChI is InChI=1S/C15H21ClN2O/c1-12-4-3-8-18(11-12)9-7-15(19)17-14-6-2-5-13(16)10-14/h2,5-6,10,12H,3-4,7-9,11H2,1H3,(H,17,19). The summed E-state index contributed by atoms with van der Waals surface area (Å²) in [4.78, 5) is 14.2. The van der Waals surface area contributed by atoms with Crippen LogP contribution in [0.3, 0.4) is 0 Å². The quantitative estimate of drug-likeness (QED) is 0.917. The molecule has 104 valence electrons. The Balaban J connectivity index is 1.75. The van der Waals surface area contributed by atoms with Crippen molar-refractivity contribution in [3.8, 4) is 0 Å². The number of rotatable bonds is 4. The number of likely N-dealkylation sites (tertiary alicyclic amines) is 1. The van der Waals surface area contributed by atoms with Gasteiger partial charge in [0, 0.05) is 30.2 Å². The molecule has 1 aromatic rings. The monoisotopic (exact) mass is 280 g/mol. The second kappa shape index (κ2) is 6.92. The van der Waals surface area contributed by atoms with Gasteiger partial charge in [-0.25, -0.2) is 0 Å². The van der Waals surface area contributed by atoms with Gasteiger partial charge in [-0.05, 0) is 43.5 Å². The van der Waals surface area contributed by atoms with E-state index in [1.54, 1.807) is 12.1 Å². The van der Waals surface area contributed by atoms with Gasteiger partial charge in [0.1, 0.15) is 0 Å². The number of nitrogens with one attached hydrogen (secondary N) is 1. The molecule has 0 aromatic heterocycles. The molecule has 1 N–H and O–H groups in total. The summed E-state index contributed by atoms with van der Waals surface area (Å²) in [5.41, 5.74) is 0.768. The number of hydrogen-bond donors (Lipinski definition) is 1. The van der Waals surface area contributed by atoms with Crippen LogP contribution in [0.2, 0.25) is 5.02 Å². The van der Waals surface area contributed by atoms with Gasteiger partial charge >= 0.3 is 0 Å². The molecule has 1 aliphatic heterocycles. The minimum Gasteiger partial charge on any atom is -0.326 e. The average Bonchev–Trinajstić information content (AvgIpc) is 2.36. The highest BCUT2D eigenvalue weighted by Crippen LogP contribution is 2.17. The molecule has 1 aliphatic rings. The summed E-state index contributed by atoms with van der Waals surface area (Å²) in [5.74, 6) is 0.810. The first-order chi connectivity index (χ1) is 9.13. The van der Waals surface area contributed by atoms with Crippen LogP contribution in [0.1, 0.15) is 26.2 Å². The second-order valence-electron chi connectivity index (χ2n) is 5.36. The Hall–Kier alpha value is -1.06.